The normalized spacial score (nSPS) is 23.4. The van der Waals surface area contributed by atoms with Crippen LogP contribution >= 0.6 is 15.9 Å². The van der Waals surface area contributed by atoms with Crippen LogP contribution in [0.3, 0.4) is 0 Å². The number of para-hydroxylation sites is 1. The molecule has 19 heavy (non-hydrogen) atoms. The lowest BCUT2D eigenvalue weighted by atomic mass is 10.1. The number of amides is 1. The van der Waals surface area contributed by atoms with Gasteiger partial charge >= 0.3 is 0 Å². The number of phenols is 1. The van der Waals surface area contributed by atoms with Crippen molar-refractivity contribution in [3.05, 3.63) is 29.3 Å². The molecule has 0 spiro atoms. The van der Waals surface area contributed by atoms with Crippen LogP contribution in [0, 0.1) is 6.92 Å². The van der Waals surface area contributed by atoms with Gasteiger partial charge in [0.15, 0.2) is 0 Å². The highest BCUT2D eigenvalue weighted by atomic mass is 79.9. The number of halogens is 1. The molecule has 1 aromatic carbocycles. The molecule has 2 atom stereocenters. The van der Waals surface area contributed by atoms with Crippen molar-refractivity contribution < 1.29 is 14.6 Å². The maximum atomic E-state index is 12.5. The zero-order valence-electron chi connectivity index (χ0n) is 11.1. The fourth-order valence-electron chi connectivity index (χ4n) is 2.30. The summed E-state index contributed by atoms with van der Waals surface area (Å²) in [4.78, 5) is 14.2. The third-order valence-electron chi connectivity index (χ3n) is 3.25. The quantitative estimate of drug-likeness (QED) is 0.848. The van der Waals surface area contributed by atoms with Crippen LogP contribution in [-0.2, 0) is 4.74 Å². The van der Waals surface area contributed by atoms with E-state index in [1.807, 2.05) is 6.92 Å². The number of phenolic OH excluding ortho intramolecular Hbond substituents is 1. The number of hydrogen-bond donors (Lipinski definition) is 1. The number of nitrogens with zero attached hydrogens (tertiary/aromatic N) is 1. The number of carbonyl (C=O) groups is 1. The van der Waals surface area contributed by atoms with E-state index in [1.54, 1.807) is 30.0 Å². The number of aromatic hydroxyl groups is 1. The highest BCUT2D eigenvalue weighted by Crippen LogP contribution is 2.24. The Bertz CT molecular complexity index is 478. The number of alkyl halides is 1. The van der Waals surface area contributed by atoms with Gasteiger partial charge in [-0.05, 0) is 25.5 Å². The van der Waals surface area contributed by atoms with Gasteiger partial charge in [-0.25, -0.2) is 0 Å². The van der Waals surface area contributed by atoms with Gasteiger partial charge in [0.1, 0.15) is 5.75 Å². The Labute approximate surface area is 121 Å². The van der Waals surface area contributed by atoms with Crippen molar-refractivity contribution in [1.82, 2.24) is 4.90 Å². The second-order valence-corrected chi connectivity index (χ2v) is 5.55. The van der Waals surface area contributed by atoms with Gasteiger partial charge in [-0.3, -0.25) is 4.79 Å². The first-order chi connectivity index (χ1) is 9.02. The van der Waals surface area contributed by atoms with Crippen LogP contribution in [0.4, 0.5) is 0 Å². The number of rotatable bonds is 2. The molecule has 1 aromatic rings. The van der Waals surface area contributed by atoms with E-state index in [1.165, 1.54) is 0 Å². The van der Waals surface area contributed by atoms with E-state index < -0.39 is 0 Å². The average Bonchev–Trinajstić information content (AvgIpc) is 2.40. The summed E-state index contributed by atoms with van der Waals surface area (Å²) < 4.78 is 5.70. The van der Waals surface area contributed by atoms with Crippen LogP contribution < -0.4 is 0 Å². The largest absolute Gasteiger partial charge is 0.507 e. The maximum absolute atomic E-state index is 12.5. The summed E-state index contributed by atoms with van der Waals surface area (Å²) in [6, 6.07) is 5.23. The summed E-state index contributed by atoms with van der Waals surface area (Å²) in [5.74, 6) is -0.0654. The van der Waals surface area contributed by atoms with Crippen molar-refractivity contribution in [2.75, 3.05) is 18.4 Å². The van der Waals surface area contributed by atoms with Crippen LogP contribution in [0.15, 0.2) is 18.2 Å². The summed E-state index contributed by atoms with van der Waals surface area (Å²) in [7, 11) is 0. The van der Waals surface area contributed by atoms with E-state index in [0.717, 1.165) is 0 Å². The van der Waals surface area contributed by atoms with Gasteiger partial charge in [-0.2, -0.15) is 0 Å². The van der Waals surface area contributed by atoms with Crippen molar-refractivity contribution in [1.29, 1.82) is 0 Å². The lowest BCUT2D eigenvalue weighted by Crippen LogP contribution is -2.49. The highest BCUT2D eigenvalue weighted by molar-refractivity contribution is 9.09. The lowest BCUT2D eigenvalue weighted by Gasteiger charge is -2.36. The SMILES string of the molecule is Cc1cccc(C(=O)N2CC(C)OC(CBr)C2)c1O. The number of benzene rings is 1. The summed E-state index contributed by atoms with van der Waals surface area (Å²) >= 11 is 3.39. The number of aryl methyl sites for hydroxylation is 1. The predicted octanol–water partition coefficient (Wildman–Crippen LogP) is 2.33. The number of morpholine rings is 1. The van der Waals surface area contributed by atoms with Crippen molar-refractivity contribution in [3.8, 4) is 5.75 Å². The van der Waals surface area contributed by atoms with E-state index in [0.29, 0.717) is 29.5 Å². The first-order valence-electron chi connectivity index (χ1n) is 6.32. The van der Waals surface area contributed by atoms with Crippen LogP contribution in [0.5, 0.6) is 5.75 Å². The number of hydrogen-bond acceptors (Lipinski definition) is 3. The van der Waals surface area contributed by atoms with Gasteiger partial charge in [-0.1, -0.05) is 28.1 Å². The zero-order chi connectivity index (χ0) is 14.0. The van der Waals surface area contributed by atoms with Gasteiger partial charge in [-0.15, -0.1) is 0 Å². The molecule has 5 heteroatoms. The van der Waals surface area contributed by atoms with Crippen molar-refractivity contribution >= 4 is 21.8 Å². The van der Waals surface area contributed by atoms with Gasteiger partial charge in [0, 0.05) is 18.4 Å². The Balaban J connectivity index is 2.21. The summed E-state index contributed by atoms with van der Waals surface area (Å²) in [5.41, 5.74) is 1.08. The minimum Gasteiger partial charge on any atom is -0.507 e. The topological polar surface area (TPSA) is 49.8 Å². The molecule has 2 unspecified atom stereocenters. The molecule has 0 radical (unpaired) electrons. The maximum Gasteiger partial charge on any atom is 0.257 e. The Morgan fingerprint density at radius 3 is 2.95 bits per heavy atom. The summed E-state index contributed by atoms with van der Waals surface area (Å²) in [6.07, 6.45) is 0.00635. The molecule has 1 heterocycles. The molecule has 104 valence electrons. The molecule has 1 aliphatic rings. The Morgan fingerprint density at radius 2 is 2.26 bits per heavy atom. The second-order valence-electron chi connectivity index (χ2n) is 4.90. The predicted molar refractivity (Wildman–Crippen MR) is 76.9 cm³/mol. The van der Waals surface area contributed by atoms with Crippen molar-refractivity contribution in [2.45, 2.75) is 26.1 Å². The molecule has 0 bridgehead atoms. The molecule has 0 aliphatic carbocycles. The first kappa shape index (κ1) is 14.3. The third kappa shape index (κ3) is 3.09. The zero-order valence-corrected chi connectivity index (χ0v) is 12.7. The molecule has 0 saturated carbocycles. The minimum absolute atomic E-state index is 0.000322. The standard InChI is InChI=1S/C14H18BrNO3/c1-9-4-3-5-12(13(9)17)14(18)16-7-10(2)19-11(6-15)8-16/h3-5,10-11,17H,6-8H2,1-2H3. The molecule has 0 aromatic heterocycles. The van der Waals surface area contributed by atoms with Gasteiger partial charge in [0.05, 0.1) is 17.8 Å². The van der Waals surface area contributed by atoms with E-state index in [9.17, 15) is 9.90 Å². The molecular weight excluding hydrogens is 310 g/mol. The van der Waals surface area contributed by atoms with Crippen LogP contribution in [-0.4, -0.2) is 46.5 Å². The minimum atomic E-state index is -0.137. The average molecular weight is 328 g/mol. The first-order valence-corrected chi connectivity index (χ1v) is 7.44. The molecule has 1 saturated heterocycles. The molecule has 2 rings (SSSR count). The van der Waals surface area contributed by atoms with E-state index in [4.69, 9.17) is 4.74 Å². The van der Waals surface area contributed by atoms with E-state index in [-0.39, 0.29) is 23.9 Å². The number of ether oxygens (including phenoxy) is 1. The van der Waals surface area contributed by atoms with Crippen molar-refractivity contribution in [3.63, 3.8) is 0 Å². The monoisotopic (exact) mass is 327 g/mol. The Kier molecular flexibility index (Phi) is 4.47. The highest BCUT2D eigenvalue weighted by Gasteiger charge is 2.29. The fourth-order valence-corrected chi connectivity index (χ4v) is 2.66. The van der Waals surface area contributed by atoms with Crippen LogP contribution in [0.2, 0.25) is 0 Å². The van der Waals surface area contributed by atoms with Crippen molar-refractivity contribution in [2.24, 2.45) is 0 Å². The summed E-state index contributed by atoms with van der Waals surface area (Å²) in [5, 5.41) is 10.7. The molecule has 1 fully saturated rings. The van der Waals surface area contributed by atoms with Crippen LogP contribution in [0.1, 0.15) is 22.8 Å². The molecule has 1 amide bonds. The third-order valence-corrected chi connectivity index (χ3v) is 3.98. The van der Waals surface area contributed by atoms with E-state index in [2.05, 4.69) is 15.9 Å². The fraction of sp³-hybridized carbons (Fsp3) is 0.500. The van der Waals surface area contributed by atoms with Gasteiger partial charge in [0.25, 0.3) is 5.91 Å². The summed E-state index contributed by atoms with van der Waals surface area (Å²) in [6.45, 7) is 4.83. The molecule has 4 nitrogen and oxygen atoms in total. The van der Waals surface area contributed by atoms with Gasteiger partial charge < -0.3 is 14.7 Å². The van der Waals surface area contributed by atoms with Crippen LogP contribution in [0.25, 0.3) is 0 Å². The smallest absolute Gasteiger partial charge is 0.257 e. The molecular formula is C14H18BrNO3. The molecule has 1 N–H and O–H groups in total. The van der Waals surface area contributed by atoms with E-state index >= 15 is 0 Å². The lowest BCUT2D eigenvalue weighted by molar-refractivity contribution is -0.0560. The van der Waals surface area contributed by atoms with Gasteiger partial charge in [0.2, 0.25) is 0 Å². The molecule has 1 aliphatic heterocycles. The second kappa shape index (κ2) is 5.92. The Morgan fingerprint density at radius 1 is 1.53 bits per heavy atom. The Hall–Kier alpha value is -1.07. The number of carbonyl (C=O) groups excluding carboxylic acids is 1.